The summed E-state index contributed by atoms with van der Waals surface area (Å²) in [5.41, 5.74) is 1.79. The Labute approximate surface area is 150 Å². The molecule has 5 nitrogen and oxygen atoms in total. The molecular weight excluding hydrogens is 320 g/mol. The molecule has 0 fully saturated rings. The lowest BCUT2D eigenvalue weighted by molar-refractivity contribution is 0.0954. The topological polar surface area (TPSA) is 65.5 Å². The fourth-order valence-corrected chi connectivity index (χ4v) is 2.63. The maximum absolute atomic E-state index is 12.1. The molecule has 0 aliphatic carbocycles. The van der Waals surface area contributed by atoms with Crippen LogP contribution in [0.5, 0.6) is 0 Å². The van der Waals surface area contributed by atoms with Gasteiger partial charge < -0.3 is 16.0 Å². The summed E-state index contributed by atoms with van der Waals surface area (Å²) in [5, 5.41) is 9.39. The molecule has 0 bridgehead atoms. The highest BCUT2D eigenvalue weighted by Crippen LogP contribution is 2.03. The van der Waals surface area contributed by atoms with E-state index in [9.17, 15) is 4.79 Å². The molecule has 134 valence electrons. The van der Waals surface area contributed by atoms with E-state index in [4.69, 9.17) is 0 Å². The molecule has 0 saturated carbocycles. The average molecular weight is 351 g/mol. The largest absolute Gasteiger partial charge is 0.357 e. The number of rotatable bonds is 10. The molecule has 0 heterocycles. The molecule has 24 heavy (non-hydrogen) atoms. The summed E-state index contributed by atoms with van der Waals surface area (Å²) >= 11 is 1.87. The van der Waals surface area contributed by atoms with Crippen LogP contribution >= 0.6 is 11.8 Å². The van der Waals surface area contributed by atoms with E-state index in [-0.39, 0.29) is 5.91 Å². The van der Waals surface area contributed by atoms with Gasteiger partial charge in [-0.1, -0.05) is 17.7 Å². The number of benzene rings is 1. The third-order valence-electron chi connectivity index (χ3n) is 3.35. The Kier molecular flexibility index (Phi) is 10.8. The van der Waals surface area contributed by atoms with Crippen LogP contribution in [-0.2, 0) is 0 Å². The summed E-state index contributed by atoms with van der Waals surface area (Å²) in [6, 6.07) is 7.60. The molecule has 0 aromatic heterocycles. The molecule has 1 amide bonds. The van der Waals surface area contributed by atoms with Gasteiger partial charge in [0.1, 0.15) is 0 Å². The molecule has 0 aliphatic rings. The van der Waals surface area contributed by atoms with Crippen molar-refractivity contribution in [1.82, 2.24) is 16.0 Å². The molecule has 0 aliphatic heterocycles. The Bertz CT molecular complexity index is 519. The lowest BCUT2D eigenvalue weighted by atomic mass is 10.1. The van der Waals surface area contributed by atoms with E-state index < -0.39 is 0 Å². The zero-order valence-corrected chi connectivity index (χ0v) is 15.8. The number of nitrogens with zero attached hydrogens (tertiary/aromatic N) is 1. The van der Waals surface area contributed by atoms with Crippen LogP contribution in [-0.4, -0.2) is 50.1 Å². The number of carbonyl (C=O) groups excluding carboxylic acids is 1. The molecule has 6 heteroatoms. The van der Waals surface area contributed by atoms with Crippen molar-refractivity contribution in [2.24, 2.45) is 4.99 Å². The average Bonchev–Trinajstić information content (AvgIpc) is 2.58. The lowest BCUT2D eigenvalue weighted by Crippen LogP contribution is -2.41. The van der Waals surface area contributed by atoms with Gasteiger partial charge in [-0.3, -0.25) is 9.79 Å². The molecule has 1 aromatic rings. The van der Waals surface area contributed by atoms with E-state index in [2.05, 4.69) is 27.2 Å². The number of hydrogen-bond acceptors (Lipinski definition) is 3. The van der Waals surface area contributed by atoms with Crippen molar-refractivity contribution >= 4 is 23.6 Å². The van der Waals surface area contributed by atoms with Crippen LogP contribution in [0.1, 0.15) is 35.7 Å². The van der Waals surface area contributed by atoms with Crippen molar-refractivity contribution in [3.63, 3.8) is 0 Å². The Hall–Kier alpha value is -1.69. The standard InChI is InChI=1S/C18H30N4OS/c1-4-19-18(21-10-5-6-13-24-3)22-12-11-20-17(23)16-9-7-8-15(2)14-16/h7-9,14H,4-6,10-13H2,1-3H3,(H,20,23)(H2,19,21,22). The van der Waals surface area contributed by atoms with Gasteiger partial charge in [-0.2, -0.15) is 11.8 Å². The summed E-state index contributed by atoms with van der Waals surface area (Å²) < 4.78 is 0. The number of hydrogen-bond donors (Lipinski definition) is 3. The van der Waals surface area contributed by atoms with E-state index in [0.717, 1.165) is 31.0 Å². The third-order valence-corrected chi connectivity index (χ3v) is 4.05. The van der Waals surface area contributed by atoms with Gasteiger partial charge in [-0.25, -0.2) is 0 Å². The predicted molar refractivity (Wildman–Crippen MR) is 105 cm³/mol. The zero-order chi connectivity index (χ0) is 17.6. The van der Waals surface area contributed by atoms with E-state index in [1.54, 1.807) is 0 Å². The number of aliphatic imine (C=N–C) groups is 1. The van der Waals surface area contributed by atoms with E-state index in [1.165, 1.54) is 12.2 Å². The van der Waals surface area contributed by atoms with Gasteiger partial charge in [0.2, 0.25) is 0 Å². The summed E-state index contributed by atoms with van der Waals surface area (Å²) in [6.07, 6.45) is 4.41. The fraction of sp³-hybridized carbons (Fsp3) is 0.556. The highest BCUT2D eigenvalue weighted by Gasteiger charge is 2.04. The molecule has 0 atom stereocenters. The Morgan fingerprint density at radius 3 is 2.67 bits per heavy atom. The van der Waals surface area contributed by atoms with Crippen LogP contribution in [0.3, 0.4) is 0 Å². The highest BCUT2D eigenvalue weighted by molar-refractivity contribution is 7.98. The molecule has 3 N–H and O–H groups in total. The quantitative estimate of drug-likeness (QED) is 0.344. The van der Waals surface area contributed by atoms with Gasteiger partial charge in [0.15, 0.2) is 5.96 Å². The highest BCUT2D eigenvalue weighted by atomic mass is 32.2. The lowest BCUT2D eigenvalue weighted by Gasteiger charge is -2.12. The van der Waals surface area contributed by atoms with Crippen molar-refractivity contribution in [2.45, 2.75) is 26.7 Å². The molecule has 0 radical (unpaired) electrons. The van der Waals surface area contributed by atoms with Crippen molar-refractivity contribution in [3.8, 4) is 0 Å². The van der Waals surface area contributed by atoms with Gasteiger partial charge >= 0.3 is 0 Å². The van der Waals surface area contributed by atoms with Crippen LogP contribution in [0, 0.1) is 6.92 Å². The Morgan fingerprint density at radius 2 is 1.96 bits per heavy atom. The minimum atomic E-state index is -0.0421. The molecule has 0 unspecified atom stereocenters. The minimum absolute atomic E-state index is 0.0421. The summed E-state index contributed by atoms with van der Waals surface area (Å²) in [6.45, 7) is 6.89. The van der Waals surface area contributed by atoms with Crippen molar-refractivity contribution < 1.29 is 4.79 Å². The minimum Gasteiger partial charge on any atom is -0.357 e. The molecule has 1 rings (SSSR count). The van der Waals surface area contributed by atoms with E-state index in [1.807, 2.05) is 49.9 Å². The maximum Gasteiger partial charge on any atom is 0.251 e. The van der Waals surface area contributed by atoms with Crippen LogP contribution < -0.4 is 16.0 Å². The van der Waals surface area contributed by atoms with Gasteiger partial charge in [0.05, 0.1) is 0 Å². The number of nitrogens with one attached hydrogen (secondary N) is 3. The number of guanidine groups is 1. The van der Waals surface area contributed by atoms with Crippen LogP contribution in [0.2, 0.25) is 0 Å². The molecule has 0 spiro atoms. The maximum atomic E-state index is 12.1. The fourth-order valence-electron chi connectivity index (χ4n) is 2.14. The second-order valence-corrected chi connectivity index (χ2v) is 6.50. The van der Waals surface area contributed by atoms with Gasteiger partial charge in [0.25, 0.3) is 5.91 Å². The first kappa shape index (κ1) is 20.4. The molecular formula is C18H30N4OS. The summed E-state index contributed by atoms with van der Waals surface area (Å²) in [7, 11) is 0. The number of carbonyl (C=O) groups is 1. The Balaban J connectivity index is 2.29. The van der Waals surface area contributed by atoms with Crippen molar-refractivity contribution in [1.29, 1.82) is 0 Å². The molecule has 0 saturated heterocycles. The van der Waals surface area contributed by atoms with Crippen LogP contribution in [0.25, 0.3) is 0 Å². The van der Waals surface area contributed by atoms with Gasteiger partial charge in [0, 0.05) is 31.7 Å². The number of aryl methyl sites for hydroxylation is 1. The number of thioether (sulfide) groups is 1. The normalized spacial score (nSPS) is 11.2. The number of amides is 1. The zero-order valence-electron chi connectivity index (χ0n) is 15.0. The van der Waals surface area contributed by atoms with Gasteiger partial charge in [-0.05, 0) is 50.8 Å². The first-order chi connectivity index (χ1) is 11.7. The first-order valence-electron chi connectivity index (χ1n) is 8.53. The predicted octanol–water partition coefficient (Wildman–Crippen LogP) is 2.42. The number of unbranched alkanes of at least 4 members (excludes halogenated alkanes) is 1. The molecule has 1 aromatic carbocycles. The van der Waals surface area contributed by atoms with Crippen LogP contribution in [0.4, 0.5) is 0 Å². The van der Waals surface area contributed by atoms with Gasteiger partial charge in [-0.15, -0.1) is 0 Å². The second kappa shape index (κ2) is 12.7. The van der Waals surface area contributed by atoms with Crippen LogP contribution in [0.15, 0.2) is 29.3 Å². The third kappa shape index (κ3) is 8.82. The summed E-state index contributed by atoms with van der Waals surface area (Å²) in [4.78, 5) is 16.6. The Morgan fingerprint density at radius 1 is 1.17 bits per heavy atom. The SMILES string of the molecule is CCNC(=NCCCCSC)NCCNC(=O)c1cccc(C)c1. The first-order valence-corrected chi connectivity index (χ1v) is 9.92. The summed E-state index contributed by atoms with van der Waals surface area (Å²) in [5.74, 6) is 1.95. The van der Waals surface area contributed by atoms with E-state index in [0.29, 0.717) is 18.7 Å². The second-order valence-electron chi connectivity index (χ2n) is 5.51. The van der Waals surface area contributed by atoms with Crippen molar-refractivity contribution in [2.75, 3.05) is 38.2 Å². The monoisotopic (exact) mass is 350 g/mol. The van der Waals surface area contributed by atoms with E-state index >= 15 is 0 Å². The smallest absolute Gasteiger partial charge is 0.251 e. The van der Waals surface area contributed by atoms with Crippen molar-refractivity contribution in [3.05, 3.63) is 35.4 Å².